The molecule has 0 heterocycles. The molecule has 0 aromatic heterocycles. The van der Waals surface area contributed by atoms with Crippen LogP contribution in [0.1, 0.15) is 13.8 Å². The van der Waals surface area contributed by atoms with Crippen LogP contribution in [0.25, 0.3) is 0 Å². The number of hydrogen-bond acceptors (Lipinski definition) is 6. The quantitative estimate of drug-likeness (QED) is 0.563. The minimum Gasteiger partial charge on any atom is -0.490 e. The zero-order valence-electron chi connectivity index (χ0n) is 17.6. The molecule has 0 spiro atoms. The molecule has 2 aromatic rings. The van der Waals surface area contributed by atoms with Gasteiger partial charge in [-0.1, -0.05) is 6.07 Å². The van der Waals surface area contributed by atoms with Gasteiger partial charge in [-0.3, -0.25) is 4.79 Å². The van der Waals surface area contributed by atoms with Gasteiger partial charge in [-0.2, -0.15) is 4.31 Å². The Morgan fingerprint density at radius 1 is 1.03 bits per heavy atom. The highest BCUT2D eigenvalue weighted by Crippen LogP contribution is 2.31. The fourth-order valence-electron chi connectivity index (χ4n) is 2.63. The molecular formula is C20H23F3N2O6S. The minimum absolute atomic E-state index is 0.355. The van der Waals surface area contributed by atoms with Crippen LogP contribution < -0.4 is 19.5 Å². The highest BCUT2D eigenvalue weighted by atomic mass is 32.2. The van der Waals surface area contributed by atoms with E-state index in [0.717, 1.165) is 31.3 Å². The Bertz CT molecular complexity index is 1040. The Morgan fingerprint density at radius 2 is 1.69 bits per heavy atom. The smallest absolute Gasteiger partial charge is 0.490 e. The molecule has 8 nitrogen and oxygen atoms in total. The minimum atomic E-state index is -4.97. The number of amides is 1. The van der Waals surface area contributed by atoms with E-state index in [2.05, 4.69) is 10.1 Å². The summed E-state index contributed by atoms with van der Waals surface area (Å²) in [7, 11) is -3.12. The number of carbonyl (C=O) groups excluding carboxylic acids is 1. The molecule has 32 heavy (non-hydrogen) atoms. The molecule has 0 aliphatic heterocycles. The van der Waals surface area contributed by atoms with Gasteiger partial charge < -0.3 is 19.5 Å². The second-order valence-corrected chi connectivity index (χ2v) is 8.40. The fourth-order valence-corrected chi connectivity index (χ4v) is 3.79. The summed E-state index contributed by atoms with van der Waals surface area (Å²) in [5.74, 6) is -0.442. The molecule has 0 atom stereocenters. The van der Waals surface area contributed by atoms with E-state index < -0.39 is 39.5 Å². The maximum atomic E-state index is 12.7. The number of alkyl halides is 3. The number of halogens is 3. The average molecular weight is 476 g/mol. The largest absolute Gasteiger partial charge is 0.573 e. The standard InChI is InChI=1S/C20H23F3N2O6S/c1-4-29-17-10-9-14(11-18(17)30-5-2)24-19(26)13-25(3)32(27,28)16-8-6-7-15(12-16)31-20(21,22)23/h6-12H,4-5,13H2,1-3H3,(H,24,26). The second kappa shape index (κ2) is 10.6. The van der Waals surface area contributed by atoms with Gasteiger partial charge in [0.25, 0.3) is 0 Å². The molecule has 2 rings (SSSR count). The van der Waals surface area contributed by atoms with E-state index in [4.69, 9.17) is 9.47 Å². The number of anilines is 1. The molecule has 0 unspecified atom stereocenters. The van der Waals surface area contributed by atoms with Gasteiger partial charge in [0.05, 0.1) is 24.7 Å². The second-order valence-electron chi connectivity index (χ2n) is 6.36. The van der Waals surface area contributed by atoms with E-state index in [1.165, 1.54) is 0 Å². The van der Waals surface area contributed by atoms with Crippen molar-refractivity contribution in [2.24, 2.45) is 0 Å². The first-order valence-corrected chi connectivity index (χ1v) is 10.9. The first-order chi connectivity index (χ1) is 15.0. The summed E-state index contributed by atoms with van der Waals surface area (Å²) in [5.41, 5.74) is 0.355. The molecule has 176 valence electrons. The predicted octanol–water partition coefficient (Wildman–Crippen LogP) is 3.64. The number of benzene rings is 2. The van der Waals surface area contributed by atoms with Gasteiger partial charge in [-0.25, -0.2) is 8.42 Å². The summed E-state index contributed by atoms with van der Waals surface area (Å²) in [6.45, 7) is 3.81. The Hall–Kier alpha value is -2.99. The van der Waals surface area contributed by atoms with Crippen molar-refractivity contribution in [3.8, 4) is 17.2 Å². The fraction of sp³-hybridized carbons (Fsp3) is 0.350. The van der Waals surface area contributed by atoms with Crippen molar-refractivity contribution in [3.05, 3.63) is 42.5 Å². The maximum Gasteiger partial charge on any atom is 0.573 e. The summed E-state index contributed by atoms with van der Waals surface area (Å²) in [6.07, 6.45) is -4.97. The molecule has 2 aromatic carbocycles. The monoisotopic (exact) mass is 476 g/mol. The summed E-state index contributed by atoms with van der Waals surface area (Å²) < 4.78 is 77.9. The Balaban J connectivity index is 2.11. The molecule has 0 saturated heterocycles. The average Bonchev–Trinajstić information content (AvgIpc) is 2.69. The lowest BCUT2D eigenvalue weighted by Gasteiger charge is -2.18. The van der Waals surface area contributed by atoms with Crippen LogP contribution in [0, 0.1) is 0 Å². The molecule has 0 aliphatic carbocycles. The Morgan fingerprint density at radius 3 is 2.31 bits per heavy atom. The Labute approximate surface area is 183 Å². The molecule has 1 amide bonds. The van der Waals surface area contributed by atoms with Crippen molar-refractivity contribution in [1.29, 1.82) is 0 Å². The highest BCUT2D eigenvalue weighted by Gasteiger charge is 2.32. The van der Waals surface area contributed by atoms with E-state index in [-0.39, 0.29) is 0 Å². The summed E-state index contributed by atoms with van der Waals surface area (Å²) in [5, 5.41) is 2.55. The van der Waals surface area contributed by atoms with Crippen molar-refractivity contribution in [2.45, 2.75) is 25.1 Å². The van der Waals surface area contributed by atoms with Gasteiger partial charge in [0.2, 0.25) is 15.9 Å². The van der Waals surface area contributed by atoms with Crippen LogP contribution in [0.3, 0.4) is 0 Å². The predicted molar refractivity (Wildman–Crippen MR) is 110 cm³/mol. The topological polar surface area (TPSA) is 94.2 Å². The number of hydrogen-bond donors (Lipinski definition) is 1. The normalized spacial score (nSPS) is 11.8. The van der Waals surface area contributed by atoms with Gasteiger partial charge >= 0.3 is 6.36 Å². The van der Waals surface area contributed by atoms with Crippen molar-refractivity contribution in [2.75, 3.05) is 32.1 Å². The van der Waals surface area contributed by atoms with Crippen molar-refractivity contribution in [3.63, 3.8) is 0 Å². The lowest BCUT2D eigenvalue weighted by atomic mass is 10.2. The number of nitrogens with zero attached hydrogens (tertiary/aromatic N) is 1. The molecule has 0 fully saturated rings. The van der Waals surface area contributed by atoms with Crippen LogP contribution in [0.15, 0.2) is 47.4 Å². The molecule has 1 N–H and O–H groups in total. The number of carbonyl (C=O) groups is 1. The molecule has 12 heteroatoms. The third-order valence-corrected chi connectivity index (χ3v) is 5.74. The number of rotatable bonds is 10. The van der Waals surface area contributed by atoms with Crippen molar-refractivity contribution < 1.29 is 40.6 Å². The van der Waals surface area contributed by atoms with E-state index in [0.29, 0.717) is 34.7 Å². The first kappa shape index (κ1) is 25.3. The van der Waals surface area contributed by atoms with Crippen LogP contribution in [-0.4, -0.2) is 51.8 Å². The van der Waals surface area contributed by atoms with E-state index in [1.807, 2.05) is 6.92 Å². The summed E-state index contributed by atoms with van der Waals surface area (Å²) in [4.78, 5) is 11.9. The van der Waals surface area contributed by atoms with Crippen LogP contribution in [0.4, 0.5) is 18.9 Å². The molecule has 0 aliphatic rings. The SMILES string of the molecule is CCOc1ccc(NC(=O)CN(C)S(=O)(=O)c2cccc(OC(F)(F)F)c2)cc1OCC. The number of nitrogens with one attached hydrogen (secondary N) is 1. The van der Waals surface area contributed by atoms with Crippen molar-refractivity contribution >= 4 is 21.6 Å². The zero-order valence-corrected chi connectivity index (χ0v) is 18.4. The van der Waals surface area contributed by atoms with Gasteiger partial charge in [-0.15, -0.1) is 13.2 Å². The summed E-state index contributed by atoms with van der Waals surface area (Å²) in [6, 6.07) is 8.64. The molecule has 0 saturated carbocycles. The molecule has 0 bridgehead atoms. The first-order valence-electron chi connectivity index (χ1n) is 9.48. The lowest BCUT2D eigenvalue weighted by molar-refractivity contribution is -0.274. The van der Waals surface area contributed by atoms with Gasteiger partial charge in [-0.05, 0) is 38.1 Å². The van der Waals surface area contributed by atoms with Crippen LogP contribution in [0.5, 0.6) is 17.2 Å². The van der Waals surface area contributed by atoms with Gasteiger partial charge in [0, 0.05) is 24.9 Å². The number of ether oxygens (including phenoxy) is 3. The lowest BCUT2D eigenvalue weighted by Crippen LogP contribution is -2.35. The van der Waals surface area contributed by atoms with Crippen molar-refractivity contribution in [1.82, 2.24) is 4.31 Å². The Kier molecular flexibility index (Phi) is 8.33. The molecule has 0 radical (unpaired) electrons. The summed E-state index contributed by atoms with van der Waals surface area (Å²) >= 11 is 0. The van der Waals surface area contributed by atoms with E-state index in [9.17, 15) is 26.4 Å². The third-order valence-electron chi connectivity index (χ3n) is 3.94. The van der Waals surface area contributed by atoms with Crippen LogP contribution >= 0.6 is 0 Å². The van der Waals surface area contributed by atoms with E-state index in [1.54, 1.807) is 25.1 Å². The number of likely N-dealkylation sites (N-methyl/N-ethyl adjacent to an activating group) is 1. The zero-order chi connectivity index (χ0) is 23.9. The van der Waals surface area contributed by atoms with Gasteiger partial charge in [0.1, 0.15) is 5.75 Å². The van der Waals surface area contributed by atoms with Crippen LogP contribution in [0.2, 0.25) is 0 Å². The molecular weight excluding hydrogens is 453 g/mol. The van der Waals surface area contributed by atoms with E-state index >= 15 is 0 Å². The maximum absolute atomic E-state index is 12.7. The number of sulfonamides is 1. The highest BCUT2D eigenvalue weighted by molar-refractivity contribution is 7.89. The van der Waals surface area contributed by atoms with Gasteiger partial charge in [0.15, 0.2) is 11.5 Å². The third kappa shape index (κ3) is 7.02. The van der Waals surface area contributed by atoms with Crippen LogP contribution in [-0.2, 0) is 14.8 Å².